The van der Waals surface area contributed by atoms with Gasteiger partial charge in [-0.1, -0.05) is 37.6 Å². The SMILES string of the molecule is CCCc1ccc(COc2ccc(C3=CCC(c4ccc(OCC)c(F)c4F)CC3)c(F)c2F)c(F)c1F. The van der Waals surface area contributed by atoms with Gasteiger partial charge in [-0.2, -0.15) is 8.78 Å². The number of hydrogen-bond acceptors (Lipinski definition) is 2. The standard InChI is InChI=1S/C30H28F6O2/c1-3-5-19-10-11-20(26(32)25(19)31)16-38-24-15-13-22(28(34)30(24)36)18-8-6-17(7-9-18)21-12-14-23(37-4-2)29(35)27(21)33/h8,10-15,17H,3-7,9,16H2,1-2H3. The molecule has 2 nitrogen and oxygen atoms in total. The van der Waals surface area contributed by atoms with Gasteiger partial charge in [-0.05, 0) is 73.4 Å². The molecule has 8 heteroatoms. The summed E-state index contributed by atoms with van der Waals surface area (Å²) in [5, 5.41) is 0. The van der Waals surface area contributed by atoms with Crippen LogP contribution in [0.1, 0.15) is 67.7 Å². The third kappa shape index (κ3) is 5.54. The van der Waals surface area contributed by atoms with E-state index >= 15 is 0 Å². The lowest BCUT2D eigenvalue weighted by molar-refractivity contribution is 0.277. The number of allylic oxidation sites excluding steroid dienone is 2. The van der Waals surface area contributed by atoms with Crippen molar-refractivity contribution in [3.63, 3.8) is 0 Å². The van der Waals surface area contributed by atoms with Gasteiger partial charge < -0.3 is 9.47 Å². The van der Waals surface area contributed by atoms with Gasteiger partial charge in [-0.15, -0.1) is 0 Å². The molecule has 1 atom stereocenters. The highest BCUT2D eigenvalue weighted by Crippen LogP contribution is 2.40. The Labute approximate surface area is 217 Å². The molecule has 0 radical (unpaired) electrons. The molecule has 0 spiro atoms. The van der Waals surface area contributed by atoms with Gasteiger partial charge in [0.05, 0.1) is 6.61 Å². The minimum atomic E-state index is -1.24. The first-order valence-electron chi connectivity index (χ1n) is 12.6. The van der Waals surface area contributed by atoms with Crippen LogP contribution in [0.3, 0.4) is 0 Å². The number of aryl methyl sites for hydroxylation is 1. The van der Waals surface area contributed by atoms with E-state index in [2.05, 4.69) is 0 Å². The Morgan fingerprint density at radius 3 is 2.05 bits per heavy atom. The second kappa shape index (κ2) is 12.0. The average Bonchev–Trinajstić information content (AvgIpc) is 2.92. The fourth-order valence-corrected chi connectivity index (χ4v) is 4.74. The highest BCUT2D eigenvalue weighted by atomic mass is 19.2. The summed E-state index contributed by atoms with van der Waals surface area (Å²) in [7, 11) is 0. The summed E-state index contributed by atoms with van der Waals surface area (Å²) in [6, 6.07) is 8.31. The minimum Gasteiger partial charge on any atom is -0.491 e. The molecule has 0 saturated carbocycles. The van der Waals surface area contributed by atoms with Gasteiger partial charge >= 0.3 is 0 Å². The lowest BCUT2D eigenvalue weighted by atomic mass is 9.82. The number of benzene rings is 3. The summed E-state index contributed by atoms with van der Waals surface area (Å²) in [4.78, 5) is 0. The minimum absolute atomic E-state index is 0.0350. The van der Waals surface area contributed by atoms with Crippen LogP contribution in [-0.4, -0.2) is 6.61 Å². The molecule has 1 unspecified atom stereocenters. The lowest BCUT2D eigenvalue weighted by Gasteiger charge is -2.24. The summed E-state index contributed by atoms with van der Waals surface area (Å²) in [6.07, 6.45) is 3.78. The van der Waals surface area contributed by atoms with Crippen LogP contribution < -0.4 is 9.47 Å². The van der Waals surface area contributed by atoms with E-state index in [0.717, 1.165) is 0 Å². The monoisotopic (exact) mass is 534 g/mol. The highest BCUT2D eigenvalue weighted by molar-refractivity contribution is 5.68. The fourth-order valence-electron chi connectivity index (χ4n) is 4.74. The molecule has 202 valence electrons. The zero-order chi connectivity index (χ0) is 27.4. The van der Waals surface area contributed by atoms with Gasteiger partial charge in [0.25, 0.3) is 0 Å². The number of ether oxygens (including phenoxy) is 2. The topological polar surface area (TPSA) is 18.5 Å². The van der Waals surface area contributed by atoms with Crippen molar-refractivity contribution in [1.29, 1.82) is 0 Å². The molecule has 0 amide bonds. The van der Waals surface area contributed by atoms with Gasteiger partial charge in [-0.3, -0.25) is 0 Å². The molecule has 3 aromatic rings. The summed E-state index contributed by atoms with van der Waals surface area (Å²) in [5.41, 5.74) is 0.922. The van der Waals surface area contributed by atoms with Gasteiger partial charge in [0.2, 0.25) is 11.6 Å². The zero-order valence-electron chi connectivity index (χ0n) is 21.2. The predicted octanol–water partition coefficient (Wildman–Crippen LogP) is 8.80. The summed E-state index contributed by atoms with van der Waals surface area (Å²) < 4.78 is 97.6. The lowest BCUT2D eigenvalue weighted by Crippen LogP contribution is -2.09. The number of rotatable bonds is 9. The number of halogens is 6. The maximum absolute atomic E-state index is 15.0. The summed E-state index contributed by atoms with van der Waals surface area (Å²) >= 11 is 0. The molecule has 0 aliphatic heterocycles. The van der Waals surface area contributed by atoms with Crippen molar-refractivity contribution >= 4 is 5.57 Å². The van der Waals surface area contributed by atoms with E-state index in [1.54, 1.807) is 13.0 Å². The maximum atomic E-state index is 15.0. The quantitative estimate of drug-likeness (QED) is 0.256. The van der Waals surface area contributed by atoms with E-state index in [9.17, 15) is 26.3 Å². The van der Waals surface area contributed by atoms with Crippen molar-refractivity contribution in [3.05, 3.63) is 99.6 Å². The van der Waals surface area contributed by atoms with Crippen LogP contribution in [0.15, 0.2) is 42.5 Å². The van der Waals surface area contributed by atoms with E-state index in [4.69, 9.17) is 9.47 Å². The van der Waals surface area contributed by atoms with Gasteiger partial charge in [0, 0.05) is 11.1 Å². The first-order chi connectivity index (χ1) is 18.3. The molecule has 0 saturated heterocycles. The fraction of sp³-hybridized carbons (Fsp3) is 0.333. The summed E-state index contributed by atoms with van der Waals surface area (Å²) in [6.45, 7) is 3.25. The van der Waals surface area contributed by atoms with Gasteiger partial charge in [-0.25, -0.2) is 17.6 Å². The van der Waals surface area contributed by atoms with Crippen LogP contribution in [0.25, 0.3) is 5.57 Å². The van der Waals surface area contributed by atoms with Crippen molar-refractivity contribution in [1.82, 2.24) is 0 Å². The van der Waals surface area contributed by atoms with E-state index in [1.807, 2.05) is 6.92 Å². The first kappa shape index (κ1) is 27.6. The Morgan fingerprint density at radius 1 is 0.711 bits per heavy atom. The molecular formula is C30H28F6O2. The summed E-state index contributed by atoms with van der Waals surface area (Å²) in [5.74, 6) is -7.31. The molecule has 3 aromatic carbocycles. The third-order valence-electron chi connectivity index (χ3n) is 6.76. The Bertz CT molecular complexity index is 1350. The molecular weight excluding hydrogens is 506 g/mol. The zero-order valence-corrected chi connectivity index (χ0v) is 21.2. The second-order valence-electron chi connectivity index (χ2n) is 9.20. The number of hydrogen-bond donors (Lipinski definition) is 0. The van der Waals surface area contributed by atoms with Gasteiger partial charge in [0.1, 0.15) is 6.61 Å². The van der Waals surface area contributed by atoms with Crippen molar-refractivity contribution in [2.24, 2.45) is 0 Å². The molecule has 0 N–H and O–H groups in total. The highest BCUT2D eigenvalue weighted by Gasteiger charge is 2.26. The van der Waals surface area contributed by atoms with Crippen molar-refractivity contribution in [3.8, 4) is 11.5 Å². The second-order valence-corrected chi connectivity index (χ2v) is 9.20. The van der Waals surface area contributed by atoms with Crippen molar-refractivity contribution in [2.45, 2.75) is 58.5 Å². The van der Waals surface area contributed by atoms with Crippen LogP contribution in [0.4, 0.5) is 26.3 Å². The molecule has 38 heavy (non-hydrogen) atoms. The largest absolute Gasteiger partial charge is 0.491 e. The average molecular weight is 535 g/mol. The van der Waals surface area contributed by atoms with Crippen LogP contribution in [0.5, 0.6) is 11.5 Å². The Hall–Kier alpha value is -3.42. The van der Waals surface area contributed by atoms with Crippen molar-refractivity contribution < 1.29 is 35.8 Å². The van der Waals surface area contributed by atoms with Crippen LogP contribution >= 0.6 is 0 Å². The Balaban J connectivity index is 1.47. The normalized spacial score (nSPS) is 15.4. The molecule has 4 rings (SSSR count). The van der Waals surface area contributed by atoms with Crippen LogP contribution in [0.2, 0.25) is 0 Å². The van der Waals surface area contributed by atoms with E-state index in [-0.39, 0.29) is 40.5 Å². The Morgan fingerprint density at radius 2 is 1.37 bits per heavy atom. The van der Waals surface area contributed by atoms with E-state index in [1.165, 1.54) is 36.4 Å². The molecule has 1 aliphatic carbocycles. The van der Waals surface area contributed by atoms with Gasteiger partial charge in [0.15, 0.2) is 34.8 Å². The van der Waals surface area contributed by atoms with Crippen molar-refractivity contribution in [2.75, 3.05) is 6.61 Å². The molecule has 0 bridgehead atoms. The first-order valence-corrected chi connectivity index (χ1v) is 12.6. The molecule has 0 aromatic heterocycles. The Kier molecular flexibility index (Phi) is 8.69. The van der Waals surface area contributed by atoms with Crippen LogP contribution in [0, 0.1) is 34.9 Å². The smallest absolute Gasteiger partial charge is 0.201 e. The van der Waals surface area contributed by atoms with E-state index in [0.29, 0.717) is 37.7 Å². The van der Waals surface area contributed by atoms with Crippen LogP contribution in [-0.2, 0) is 13.0 Å². The molecule has 0 heterocycles. The van der Waals surface area contributed by atoms with E-state index < -0.39 is 47.3 Å². The molecule has 0 fully saturated rings. The third-order valence-corrected chi connectivity index (χ3v) is 6.76. The predicted molar refractivity (Wildman–Crippen MR) is 133 cm³/mol. The molecule has 1 aliphatic rings. The maximum Gasteiger partial charge on any atom is 0.201 e.